The highest BCUT2D eigenvalue weighted by Gasteiger charge is 2.27. The average molecular weight is 347 g/mol. The van der Waals surface area contributed by atoms with Crippen LogP contribution in [0.5, 0.6) is 0 Å². The second-order valence-corrected chi connectivity index (χ2v) is 7.22. The van der Waals surface area contributed by atoms with Crippen LogP contribution in [-0.2, 0) is 4.79 Å². The van der Waals surface area contributed by atoms with Gasteiger partial charge in [-0.25, -0.2) is 9.97 Å². The van der Waals surface area contributed by atoms with Crippen LogP contribution < -0.4 is 15.5 Å². The van der Waals surface area contributed by atoms with Gasteiger partial charge in [0.1, 0.15) is 17.0 Å². The molecule has 0 spiro atoms. The molecule has 0 aliphatic carbocycles. The predicted molar refractivity (Wildman–Crippen MR) is 98.5 cm³/mol. The number of anilines is 1. The molecule has 0 saturated carbocycles. The number of thiophene rings is 1. The summed E-state index contributed by atoms with van der Waals surface area (Å²) in [6.45, 7) is 7.42. The van der Waals surface area contributed by atoms with Crippen LogP contribution in [0.1, 0.15) is 26.7 Å². The van der Waals surface area contributed by atoms with Crippen molar-refractivity contribution in [2.24, 2.45) is 5.92 Å². The Hall–Kier alpha value is -1.73. The summed E-state index contributed by atoms with van der Waals surface area (Å²) in [6.07, 6.45) is 3.57. The van der Waals surface area contributed by atoms with Gasteiger partial charge in [0.25, 0.3) is 0 Å². The first-order valence-corrected chi connectivity index (χ1v) is 9.51. The Bertz CT molecular complexity index is 688. The maximum atomic E-state index is 12.5. The minimum atomic E-state index is 0.0243. The van der Waals surface area contributed by atoms with Crippen molar-refractivity contribution in [3.8, 4) is 0 Å². The van der Waals surface area contributed by atoms with Crippen molar-refractivity contribution in [1.82, 2.24) is 20.6 Å². The lowest BCUT2D eigenvalue weighted by molar-refractivity contribution is -0.125. The van der Waals surface area contributed by atoms with E-state index in [1.54, 1.807) is 17.7 Å². The summed E-state index contributed by atoms with van der Waals surface area (Å²) in [5.41, 5.74) is 0. The first-order valence-electron chi connectivity index (χ1n) is 8.63. The number of nitrogens with zero attached hydrogens (tertiary/aromatic N) is 3. The van der Waals surface area contributed by atoms with Crippen molar-refractivity contribution >= 4 is 33.3 Å². The molecule has 6 nitrogen and oxygen atoms in total. The number of piperidine rings is 1. The third-order valence-corrected chi connectivity index (χ3v) is 5.29. The number of hydrogen-bond donors (Lipinski definition) is 2. The third kappa shape index (κ3) is 3.84. The van der Waals surface area contributed by atoms with E-state index in [4.69, 9.17) is 0 Å². The molecule has 2 aromatic rings. The van der Waals surface area contributed by atoms with Crippen LogP contribution in [0.2, 0.25) is 0 Å². The number of fused-ring (bicyclic) bond motifs is 1. The van der Waals surface area contributed by atoms with Crippen molar-refractivity contribution in [1.29, 1.82) is 0 Å². The number of nitrogens with one attached hydrogen (secondary N) is 2. The molecule has 2 aromatic heterocycles. The molecule has 0 aromatic carbocycles. The van der Waals surface area contributed by atoms with E-state index >= 15 is 0 Å². The molecule has 1 amide bonds. The maximum Gasteiger partial charge on any atom is 0.224 e. The minimum absolute atomic E-state index is 0.0243. The highest BCUT2D eigenvalue weighted by molar-refractivity contribution is 7.16. The van der Waals surface area contributed by atoms with Gasteiger partial charge in [-0.05, 0) is 37.8 Å². The molecule has 130 valence electrons. The fourth-order valence-corrected chi connectivity index (χ4v) is 3.96. The van der Waals surface area contributed by atoms with Crippen LogP contribution in [0.15, 0.2) is 17.8 Å². The SMILES string of the molecule is CCN[C@H](C)CNC(=O)C1CCCN(c2ncnc3sccc23)C1. The molecule has 0 radical (unpaired) electrons. The van der Waals surface area contributed by atoms with Crippen LogP contribution in [0.4, 0.5) is 5.82 Å². The molecular weight excluding hydrogens is 322 g/mol. The molecule has 1 aliphatic rings. The third-order valence-electron chi connectivity index (χ3n) is 4.47. The van der Waals surface area contributed by atoms with E-state index < -0.39 is 0 Å². The van der Waals surface area contributed by atoms with Gasteiger partial charge in [0, 0.05) is 25.7 Å². The van der Waals surface area contributed by atoms with Crippen LogP contribution in [0.25, 0.3) is 10.2 Å². The van der Waals surface area contributed by atoms with Gasteiger partial charge in [0.2, 0.25) is 5.91 Å². The summed E-state index contributed by atoms with van der Waals surface area (Å²) in [5.74, 6) is 1.14. The van der Waals surface area contributed by atoms with Crippen molar-refractivity contribution < 1.29 is 4.79 Å². The highest BCUT2D eigenvalue weighted by Crippen LogP contribution is 2.29. The van der Waals surface area contributed by atoms with Gasteiger partial charge in [0.15, 0.2) is 0 Å². The molecule has 1 unspecified atom stereocenters. The van der Waals surface area contributed by atoms with E-state index in [1.165, 1.54) is 0 Å². The zero-order valence-corrected chi connectivity index (χ0v) is 15.1. The van der Waals surface area contributed by atoms with Gasteiger partial charge >= 0.3 is 0 Å². The zero-order chi connectivity index (χ0) is 16.9. The van der Waals surface area contributed by atoms with Crippen LogP contribution in [0, 0.1) is 5.92 Å². The smallest absolute Gasteiger partial charge is 0.224 e. The average Bonchev–Trinajstić information content (AvgIpc) is 3.08. The van der Waals surface area contributed by atoms with E-state index in [1.807, 2.05) is 5.38 Å². The van der Waals surface area contributed by atoms with Gasteiger partial charge in [-0.15, -0.1) is 11.3 Å². The molecule has 0 bridgehead atoms. The molecule has 2 atom stereocenters. The molecule has 1 fully saturated rings. The monoisotopic (exact) mass is 347 g/mol. The lowest BCUT2D eigenvalue weighted by Gasteiger charge is -2.33. The largest absolute Gasteiger partial charge is 0.355 e. The number of carbonyl (C=O) groups is 1. The number of carbonyl (C=O) groups excluding carboxylic acids is 1. The maximum absolute atomic E-state index is 12.5. The molecule has 24 heavy (non-hydrogen) atoms. The first kappa shape index (κ1) is 17.1. The molecule has 3 heterocycles. The molecule has 3 rings (SSSR count). The number of hydrogen-bond acceptors (Lipinski definition) is 6. The van der Waals surface area contributed by atoms with Gasteiger partial charge in [0.05, 0.1) is 11.3 Å². The topological polar surface area (TPSA) is 70.2 Å². The van der Waals surface area contributed by atoms with Gasteiger partial charge in [-0.3, -0.25) is 4.79 Å². The molecule has 1 aliphatic heterocycles. The summed E-state index contributed by atoms with van der Waals surface area (Å²) >= 11 is 1.62. The first-order chi connectivity index (χ1) is 11.7. The predicted octanol–water partition coefficient (Wildman–Crippen LogP) is 2.02. The van der Waals surface area contributed by atoms with Crippen LogP contribution >= 0.6 is 11.3 Å². The molecule has 2 N–H and O–H groups in total. The second-order valence-electron chi connectivity index (χ2n) is 6.33. The Balaban J connectivity index is 1.64. The second kappa shape index (κ2) is 7.90. The highest BCUT2D eigenvalue weighted by atomic mass is 32.1. The van der Waals surface area contributed by atoms with Crippen LogP contribution in [0.3, 0.4) is 0 Å². The normalized spacial score (nSPS) is 19.4. The van der Waals surface area contributed by atoms with Gasteiger partial charge < -0.3 is 15.5 Å². The Labute approximate surface area is 146 Å². The van der Waals surface area contributed by atoms with Gasteiger partial charge in [-0.1, -0.05) is 6.92 Å². The van der Waals surface area contributed by atoms with Crippen molar-refractivity contribution in [3.05, 3.63) is 17.8 Å². The van der Waals surface area contributed by atoms with Crippen molar-refractivity contribution in [3.63, 3.8) is 0 Å². The van der Waals surface area contributed by atoms with E-state index in [0.29, 0.717) is 12.6 Å². The molecular formula is C17H25N5OS. The number of likely N-dealkylation sites (N-methyl/N-ethyl adjacent to an activating group) is 1. The Kier molecular flexibility index (Phi) is 5.63. The van der Waals surface area contributed by atoms with Crippen molar-refractivity contribution in [2.75, 3.05) is 31.1 Å². The van der Waals surface area contributed by atoms with E-state index in [9.17, 15) is 4.79 Å². The van der Waals surface area contributed by atoms with Gasteiger partial charge in [-0.2, -0.15) is 0 Å². The van der Waals surface area contributed by atoms with E-state index in [2.05, 4.69) is 45.4 Å². The number of rotatable bonds is 6. The zero-order valence-electron chi connectivity index (χ0n) is 14.3. The lowest BCUT2D eigenvalue weighted by atomic mass is 9.97. The fraction of sp³-hybridized carbons (Fsp3) is 0.588. The fourth-order valence-electron chi connectivity index (χ4n) is 3.23. The quantitative estimate of drug-likeness (QED) is 0.837. The summed E-state index contributed by atoms with van der Waals surface area (Å²) in [4.78, 5) is 24.5. The standard InChI is InChI=1S/C17H25N5OS/c1-3-18-12(2)9-19-16(23)13-5-4-7-22(10-13)15-14-6-8-24-17(14)21-11-20-15/h6,8,11-13,18H,3-5,7,9-10H2,1-2H3,(H,19,23)/t12-,13?/m1/s1. The lowest BCUT2D eigenvalue weighted by Crippen LogP contribution is -2.46. The molecule has 1 saturated heterocycles. The summed E-state index contributed by atoms with van der Waals surface area (Å²) in [5, 5.41) is 9.53. The molecule has 7 heteroatoms. The van der Waals surface area contributed by atoms with Crippen molar-refractivity contribution in [2.45, 2.75) is 32.7 Å². The summed E-state index contributed by atoms with van der Waals surface area (Å²) in [6, 6.07) is 2.36. The summed E-state index contributed by atoms with van der Waals surface area (Å²) in [7, 11) is 0. The minimum Gasteiger partial charge on any atom is -0.355 e. The van der Waals surface area contributed by atoms with E-state index in [-0.39, 0.29) is 11.8 Å². The Morgan fingerprint density at radius 1 is 1.50 bits per heavy atom. The number of amides is 1. The van der Waals surface area contributed by atoms with E-state index in [0.717, 1.165) is 48.5 Å². The Morgan fingerprint density at radius 3 is 3.21 bits per heavy atom. The summed E-state index contributed by atoms with van der Waals surface area (Å²) < 4.78 is 0. The van der Waals surface area contributed by atoms with Crippen LogP contribution in [-0.4, -0.2) is 48.1 Å². The Morgan fingerprint density at radius 2 is 2.38 bits per heavy atom. The number of aromatic nitrogens is 2.